The Morgan fingerprint density at radius 2 is 2.08 bits per heavy atom. The molecule has 1 heterocycles. The Morgan fingerprint density at radius 3 is 2.80 bits per heavy atom. The highest BCUT2D eigenvalue weighted by molar-refractivity contribution is 5.75. The van der Waals surface area contributed by atoms with Crippen molar-refractivity contribution in [1.82, 2.24) is 4.90 Å². The maximum absolute atomic E-state index is 11.9. The number of aromatic hydroxyl groups is 1. The zero-order chi connectivity index (χ0) is 18.0. The highest BCUT2D eigenvalue weighted by atomic mass is 16.5. The average molecular weight is 341 g/mol. The molecule has 1 N–H and O–H groups in total. The van der Waals surface area contributed by atoms with Crippen molar-refractivity contribution in [2.24, 2.45) is 0 Å². The van der Waals surface area contributed by atoms with E-state index in [0.717, 1.165) is 22.3 Å². The Balaban J connectivity index is 1.99. The van der Waals surface area contributed by atoms with Crippen molar-refractivity contribution in [2.45, 2.75) is 26.4 Å². The van der Waals surface area contributed by atoms with Crippen molar-refractivity contribution in [1.29, 1.82) is 0 Å². The van der Waals surface area contributed by atoms with Gasteiger partial charge in [0.2, 0.25) is 0 Å². The maximum Gasteiger partial charge on any atom is 0.322 e. The van der Waals surface area contributed by atoms with Gasteiger partial charge in [-0.1, -0.05) is 24.3 Å². The summed E-state index contributed by atoms with van der Waals surface area (Å²) in [4.78, 5) is 13.9. The van der Waals surface area contributed by atoms with Gasteiger partial charge in [-0.2, -0.15) is 0 Å². The summed E-state index contributed by atoms with van der Waals surface area (Å²) in [5, 5.41) is 10.5. The van der Waals surface area contributed by atoms with Gasteiger partial charge in [0.05, 0.1) is 7.11 Å². The summed E-state index contributed by atoms with van der Waals surface area (Å²) in [6.07, 6.45) is 0. The molecule has 0 aromatic heterocycles. The highest BCUT2D eigenvalue weighted by Gasteiger charge is 2.27. The second kappa shape index (κ2) is 7.15. The molecule has 3 rings (SSSR count). The first-order valence-corrected chi connectivity index (χ1v) is 8.38. The number of hydrogen-bond donors (Lipinski definition) is 1. The minimum atomic E-state index is -0.371. The van der Waals surface area contributed by atoms with Crippen molar-refractivity contribution in [3.05, 3.63) is 47.5 Å². The summed E-state index contributed by atoms with van der Waals surface area (Å²) in [6.45, 7) is 5.37. The van der Waals surface area contributed by atoms with Crippen LogP contribution in [0.1, 0.15) is 18.1 Å². The van der Waals surface area contributed by atoms with Crippen LogP contribution in [0.15, 0.2) is 36.4 Å². The highest BCUT2D eigenvalue weighted by Crippen LogP contribution is 2.38. The molecule has 132 valence electrons. The normalized spacial score (nSPS) is 15.6. The van der Waals surface area contributed by atoms with Crippen LogP contribution in [0.3, 0.4) is 0 Å². The molecule has 0 amide bonds. The summed E-state index contributed by atoms with van der Waals surface area (Å²) in [7, 11) is 1.39. The molecule has 2 aromatic carbocycles. The molecular formula is C20H23NO4. The van der Waals surface area contributed by atoms with Gasteiger partial charge in [-0.25, -0.2) is 0 Å². The van der Waals surface area contributed by atoms with E-state index in [1.807, 2.05) is 49.1 Å². The smallest absolute Gasteiger partial charge is 0.322 e. The number of hydrogen-bond acceptors (Lipinski definition) is 5. The van der Waals surface area contributed by atoms with E-state index >= 15 is 0 Å². The first-order valence-electron chi connectivity index (χ1n) is 8.38. The Labute approximate surface area is 147 Å². The van der Waals surface area contributed by atoms with Crippen LogP contribution in [-0.2, 0) is 16.1 Å². The number of nitrogens with zero attached hydrogens (tertiary/aromatic N) is 1. The number of rotatable bonds is 3. The van der Waals surface area contributed by atoms with Gasteiger partial charge in [-0.15, -0.1) is 0 Å². The van der Waals surface area contributed by atoms with E-state index in [9.17, 15) is 9.90 Å². The number of fused-ring (bicyclic) bond motifs is 1. The largest absolute Gasteiger partial charge is 0.504 e. The van der Waals surface area contributed by atoms with E-state index in [1.165, 1.54) is 7.11 Å². The number of esters is 1. The number of methoxy groups -OCH3 is 1. The van der Waals surface area contributed by atoms with Gasteiger partial charge in [0.1, 0.15) is 12.6 Å². The molecule has 1 aliphatic rings. The van der Waals surface area contributed by atoms with Crippen LogP contribution in [0.4, 0.5) is 0 Å². The molecule has 0 saturated carbocycles. The topological polar surface area (TPSA) is 59.0 Å². The molecule has 1 atom stereocenters. The lowest BCUT2D eigenvalue weighted by molar-refractivity contribution is -0.146. The van der Waals surface area contributed by atoms with Crippen LogP contribution in [0.5, 0.6) is 11.5 Å². The lowest BCUT2D eigenvalue weighted by Gasteiger charge is -2.24. The van der Waals surface area contributed by atoms with Gasteiger partial charge in [0, 0.05) is 18.7 Å². The number of carbonyl (C=O) groups is 1. The molecule has 0 aliphatic carbocycles. The summed E-state index contributed by atoms with van der Waals surface area (Å²) in [5.74, 6) is 0.350. The zero-order valence-corrected chi connectivity index (χ0v) is 14.8. The molecule has 2 aromatic rings. The molecule has 25 heavy (non-hydrogen) atoms. The van der Waals surface area contributed by atoms with Crippen molar-refractivity contribution in [3.8, 4) is 22.6 Å². The lowest BCUT2D eigenvalue weighted by atomic mass is 9.97. The fourth-order valence-corrected chi connectivity index (χ4v) is 3.22. The van der Waals surface area contributed by atoms with E-state index in [4.69, 9.17) is 9.47 Å². The molecule has 0 radical (unpaired) electrons. The van der Waals surface area contributed by atoms with Crippen molar-refractivity contribution < 1.29 is 19.4 Å². The number of benzene rings is 2. The monoisotopic (exact) mass is 341 g/mol. The van der Waals surface area contributed by atoms with Crippen LogP contribution in [-0.4, -0.2) is 42.3 Å². The van der Waals surface area contributed by atoms with Crippen molar-refractivity contribution in [3.63, 3.8) is 0 Å². The molecule has 5 heteroatoms. The average Bonchev–Trinajstić information content (AvgIpc) is 2.83. The number of ether oxygens (including phenoxy) is 2. The fraction of sp³-hybridized carbons (Fsp3) is 0.350. The van der Waals surface area contributed by atoms with Gasteiger partial charge in [0.25, 0.3) is 0 Å². The molecule has 0 bridgehead atoms. The first kappa shape index (κ1) is 17.3. The van der Waals surface area contributed by atoms with Gasteiger partial charge < -0.3 is 14.6 Å². The number of aryl methyl sites for hydroxylation is 1. The van der Waals surface area contributed by atoms with Crippen LogP contribution in [0.2, 0.25) is 0 Å². The summed E-state index contributed by atoms with van der Waals surface area (Å²) in [6, 6.07) is 11.4. The summed E-state index contributed by atoms with van der Waals surface area (Å²) < 4.78 is 10.6. The molecule has 1 aliphatic heterocycles. The van der Waals surface area contributed by atoms with Crippen LogP contribution >= 0.6 is 0 Å². The Hall–Kier alpha value is -2.53. The van der Waals surface area contributed by atoms with Gasteiger partial charge in [0.15, 0.2) is 11.5 Å². The molecule has 0 saturated heterocycles. The number of phenols is 1. The molecule has 0 spiro atoms. The minimum Gasteiger partial charge on any atom is -0.504 e. The Morgan fingerprint density at radius 1 is 1.32 bits per heavy atom. The fourth-order valence-electron chi connectivity index (χ4n) is 3.22. The number of phenolic OH excluding ortho intramolecular Hbond substituents is 1. The predicted molar refractivity (Wildman–Crippen MR) is 95.7 cm³/mol. The zero-order valence-electron chi connectivity index (χ0n) is 14.8. The van der Waals surface area contributed by atoms with E-state index in [0.29, 0.717) is 25.4 Å². The molecule has 0 fully saturated rings. The molecular weight excluding hydrogens is 318 g/mol. The van der Waals surface area contributed by atoms with Gasteiger partial charge in [-0.05, 0) is 42.7 Å². The van der Waals surface area contributed by atoms with Gasteiger partial charge >= 0.3 is 5.97 Å². The summed E-state index contributed by atoms with van der Waals surface area (Å²) >= 11 is 0. The SMILES string of the molecule is COC(=O)[C@H](C)N1CCOc2c(O)cc(-c3ccccc3C)cc2C1. The number of carbonyl (C=O) groups excluding carboxylic acids is 1. The third kappa shape index (κ3) is 3.46. The van der Waals surface area contributed by atoms with Crippen LogP contribution in [0.25, 0.3) is 11.1 Å². The molecule has 5 nitrogen and oxygen atoms in total. The third-order valence-corrected chi connectivity index (χ3v) is 4.69. The van der Waals surface area contributed by atoms with Crippen molar-refractivity contribution >= 4 is 5.97 Å². The second-order valence-corrected chi connectivity index (χ2v) is 6.32. The van der Waals surface area contributed by atoms with Crippen LogP contribution < -0.4 is 4.74 Å². The standard InChI is InChI=1S/C20H23NO4/c1-13-6-4-5-7-17(13)15-10-16-12-21(14(2)20(23)24-3)8-9-25-19(16)18(22)11-15/h4-7,10-11,14,22H,8-9,12H2,1-3H3/t14-/m0/s1. The minimum absolute atomic E-state index is 0.128. The van der Waals surface area contributed by atoms with Crippen LogP contribution in [0, 0.1) is 6.92 Å². The van der Waals surface area contributed by atoms with Crippen molar-refractivity contribution in [2.75, 3.05) is 20.3 Å². The Bertz CT molecular complexity index is 787. The van der Waals surface area contributed by atoms with E-state index < -0.39 is 0 Å². The van der Waals surface area contributed by atoms with E-state index in [2.05, 4.69) is 0 Å². The second-order valence-electron chi connectivity index (χ2n) is 6.32. The van der Waals surface area contributed by atoms with E-state index in [1.54, 1.807) is 6.07 Å². The van der Waals surface area contributed by atoms with E-state index in [-0.39, 0.29) is 17.8 Å². The molecule has 0 unspecified atom stereocenters. The maximum atomic E-state index is 11.9. The summed E-state index contributed by atoms with van der Waals surface area (Å²) in [5.41, 5.74) is 4.01. The van der Waals surface area contributed by atoms with Gasteiger partial charge in [-0.3, -0.25) is 9.69 Å². The third-order valence-electron chi connectivity index (χ3n) is 4.69. The Kier molecular flexibility index (Phi) is 4.95. The quantitative estimate of drug-likeness (QED) is 0.869. The predicted octanol–water partition coefficient (Wildman–Crippen LogP) is 3.12. The lowest BCUT2D eigenvalue weighted by Crippen LogP contribution is -2.40. The first-order chi connectivity index (χ1) is 12.0.